The number of hydrogen-bond acceptors (Lipinski definition) is 2. The van der Waals surface area contributed by atoms with Crippen molar-refractivity contribution in [1.29, 1.82) is 0 Å². The average molecular weight is 326 g/mol. The van der Waals surface area contributed by atoms with Gasteiger partial charge in [-0.2, -0.15) is 0 Å². The molecule has 0 heterocycles. The first-order valence-electron chi connectivity index (χ1n) is 5.12. The Labute approximate surface area is 118 Å². The van der Waals surface area contributed by atoms with Crippen molar-refractivity contribution < 1.29 is 9.18 Å². The van der Waals surface area contributed by atoms with Crippen molar-refractivity contribution in [2.24, 2.45) is 0 Å². The van der Waals surface area contributed by atoms with E-state index in [4.69, 9.17) is 0 Å². The van der Waals surface area contributed by atoms with Crippen molar-refractivity contribution in [3.05, 3.63) is 58.3 Å². The van der Waals surface area contributed by atoms with Crippen LogP contribution in [0.4, 0.5) is 10.1 Å². The fraction of sp³-hybridized carbons (Fsp3) is 0. The molecule has 2 aromatic rings. The normalized spacial score (nSPS) is 10.2. The maximum atomic E-state index is 13.6. The molecular formula is C13H9BrFNOS. The third-order valence-corrected chi connectivity index (χ3v) is 3.21. The standard InChI is InChI=1S/C13H9BrFNOS/c14-8-5-6-11(10(15)7-8)16-13(17)9-3-1-2-4-12(9)18/h1-7,18H,(H,16,17). The van der Waals surface area contributed by atoms with Crippen molar-refractivity contribution >= 4 is 40.2 Å². The third kappa shape index (κ3) is 2.91. The van der Waals surface area contributed by atoms with Crippen LogP contribution in [-0.2, 0) is 0 Å². The van der Waals surface area contributed by atoms with E-state index in [1.165, 1.54) is 12.1 Å². The number of thiol groups is 1. The summed E-state index contributed by atoms with van der Waals surface area (Å²) in [6, 6.07) is 11.3. The van der Waals surface area contributed by atoms with Gasteiger partial charge < -0.3 is 5.32 Å². The molecule has 0 unspecified atom stereocenters. The highest BCUT2D eigenvalue weighted by Crippen LogP contribution is 2.21. The summed E-state index contributed by atoms with van der Waals surface area (Å²) in [5.41, 5.74) is 0.544. The van der Waals surface area contributed by atoms with E-state index in [1.807, 2.05) is 0 Å². The molecule has 5 heteroatoms. The van der Waals surface area contributed by atoms with Gasteiger partial charge >= 0.3 is 0 Å². The van der Waals surface area contributed by atoms with E-state index in [0.717, 1.165) is 0 Å². The van der Waals surface area contributed by atoms with Crippen molar-refractivity contribution in [2.75, 3.05) is 5.32 Å². The van der Waals surface area contributed by atoms with Crippen molar-refractivity contribution in [3.63, 3.8) is 0 Å². The topological polar surface area (TPSA) is 29.1 Å². The highest BCUT2D eigenvalue weighted by Gasteiger charge is 2.11. The zero-order valence-corrected chi connectivity index (χ0v) is 11.6. The number of carbonyl (C=O) groups is 1. The van der Waals surface area contributed by atoms with Crippen LogP contribution in [0.25, 0.3) is 0 Å². The Kier molecular flexibility index (Phi) is 4.04. The highest BCUT2D eigenvalue weighted by atomic mass is 79.9. The molecule has 0 bridgehead atoms. The van der Waals surface area contributed by atoms with E-state index in [0.29, 0.717) is 14.9 Å². The lowest BCUT2D eigenvalue weighted by Crippen LogP contribution is -2.13. The first-order valence-corrected chi connectivity index (χ1v) is 6.36. The maximum absolute atomic E-state index is 13.6. The maximum Gasteiger partial charge on any atom is 0.256 e. The van der Waals surface area contributed by atoms with E-state index in [9.17, 15) is 9.18 Å². The van der Waals surface area contributed by atoms with Crippen molar-refractivity contribution in [3.8, 4) is 0 Å². The highest BCUT2D eigenvalue weighted by molar-refractivity contribution is 9.10. The minimum absolute atomic E-state index is 0.139. The second kappa shape index (κ2) is 5.54. The van der Waals surface area contributed by atoms with Gasteiger partial charge in [0.2, 0.25) is 0 Å². The monoisotopic (exact) mass is 325 g/mol. The van der Waals surface area contributed by atoms with Crippen molar-refractivity contribution in [2.45, 2.75) is 4.90 Å². The Morgan fingerprint density at radius 2 is 1.94 bits per heavy atom. The van der Waals surface area contributed by atoms with E-state index in [-0.39, 0.29) is 11.6 Å². The lowest BCUT2D eigenvalue weighted by Gasteiger charge is -2.08. The van der Waals surface area contributed by atoms with Crippen LogP contribution in [0.1, 0.15) is 10.4 Å². The molecule has 0 spiro atoms. The summed E-state index contributed by atoms with van der Waals surface area (Å²) in [5, 5.41) is 2.51. The van der Waals surface area contributed by atoms with Gasteiger partial charge in [0.15, 0.2) is 0 Å². The molecule has 2 aromatic carbocycles. The Balaban J connectivity index is 2.24. The molecule has 0 fully saturated rings. The van der Waals surface area contributed by atoms with Crippen LogP contribution >= 0.6 is 28.6 Å². The largest absolute Gasteiger partial charge is 0.319 e. The van der Waals surface area contributed by atoms with E-state index >= 15 is 0 Å². The van der Waals surface area contributed by atoms with E-state index < -0.39 is 5.82 Å². The third-order valence-electron chi connectivity index (χ3n) is 2.33. The molecule has 0 atom stereocenters. The predicted octanol–water partition coefficient (Wildman–Crippen LogP) is 4.13. The van der Waals surface area contributed by atoms with Gasteiger partial charge in [-0.05, 0) is 30.3 Å². The Bertz CT molecular complexity index is 603. The molecule has 0 radical (unpaired) electrons. The number of amides is 1. The fourth-order valence-corrected chi connectivity index (χ4v) is 2.04. The zero-order valence-electron chi connectivity index (χ0n) is 9.15. The summed E-state index contributed by atoms with van der Waals surface area (Å²) < 4.78 is 14.2. The minimum Gasteiger partial charge on any atom is -0.319 e. The second-order valence-electron chi connectivity index (χ2n) is 3.60. The molecule has 0 aliphatic carbocycles. The Hall–Kier alpha value is -1.33. The van der Waals surface area contributed by atoms with Gasteiger partial charge in [-0.15, -0.1) is 12.6 Å². The molecule has 1 amide bonds. The lowest BCUT2D eigenvalue weighted by molar-refractivity contribution is 0.102. The van der Waals surface area contributed by atoms with Crippen LogP contribution in [0.2, 0.25) is 0 Å². The summed E-state index contributed by atoms with van der Waals surface area (Å²) in [6.45, 7) is 0. The fourth-order valence-electron chi connectivity index (χ4n) is 1.45. The molecule has 2 nitrogen and oxygen atoms in total. The van der Waals surface area contributed by atoms with Crippen LogP contribution in [-0.4, -0.2) is 5.91 Å². The number of carbonyl (C=O) groups excluding carboxylic acids is 1. The Morgan fingerprint density at radius 3 is 2.61 bits per heavy atom. The van der Waals surface area contributed by atoms with E-state index in [2.05, 4.69) is 33.9 Å². The molecule has 1 N–H and O–H groups in total. The average Bonchev–Trinajstić information content (AvgIpc) is 2.33. The first-order chi connectivity index (χ1) is 8.58. The van der Waals surface area contributed by atoms with Gasteiger partial charge in [-0.1, -0.05) is 28.1 Å². The van der Waals surface area contributed by atoms with Gasteiger partial charge in [0, 0.05) is 9.37 Å². The van der Waals surface area contributed by atoms with Crippen LogP contribution in [0, 0.1) is 5.82 Å². The van der Waals surface area contributed by atoms with Crippen LogP contribution in [0.3, 0.4) is 0 Å². The number of hydrogen-bond donors (Lipinski definition) is 2. The second-order valence-corrected chi connectivity index (χ2v) is 4.99. The summed E-state index contributed by atoms with van der Waals surface area (Å²) in [6.07, 6.45) is 0. The van der Waals surface area contributed by atoms with Crippen LogP contribution in [0.5, 0.6) is 0 Å². The summed E-state index contributed by atoms with van der Waals surface area (Å²) >= 11 is 7.34. The summed E-state index contributed by atoms with van der Waals surface area (Å²) in [7, 11) is 0. The zero-order chi connectivity index (χ0) is 13.1. The molecular weight excluding hydrogens is 317 g/mol. The molecule has 92 valence electrons. The summed E-state index contributed by atoms with van der Waals surface area (Å²) in [4.78, 5) is 12.5. The predicted molar refractivity (Wildman–Crippen MR) is 75.7 cm³/mol. The van der Waals surface area contributed by atoms with Gasteiger partial charge in [-0.25, -0.2) is 4.39 Å². The number of benzene rings is 2. The number of anilines is 1. The van der Waals surface area contributed by atoms with E-state index in [1.54, 1.807) is 30.3 Å². The number of halogens is 2. The number of rotatable bonds is 2. The minimum atomic E-state index is -0.491. The molecule has 0 saturated carbocycles. The lowest BCUT2D eigenvalue weighted by atomic mass is 10.2. The van der Waals surface area contributed by atoms with Gasteiger partial charge in [0.05, 0.1) is 11.3 Å². The molecule has 2 rings (SSSR count). The van der Waals surface area contributed by atoms with Gasteiger partial charge in [0.25, 0.3) is 5.91 Å². The number of nitrogens with one attached hydrogen (secondary N) is 1. The molecule has 0 aliphatic rings. The van der Waals surface area contributed by atoms with Crippen molar-refractivity contribution in [1.82, 2.24) is 0 Å². The molecule has 18 heavy (non-hydrogen) atoms. The molecule has 0 aliphatic heterocycles. The first kappa shape index (κ1) is 13.1. The summed E-state index contributed by atoms with van der Waals surface area (Å²) in [5.74, 6) is -0.879. The van der Waals surface area contributed by atoms with Gasteiger partial charge in [-0.3, -0.25) is 4.79 Å². The van der Waals surface area contributed by atoms with Crippen LogP contribution < -0.4 is 5.32 Å². The van der Waals surface area contributed by atoms with Crippen LogP contribution in [0.15, 0.2) is 51.8 Å². The SMILES string of the molecule is O=C(Nc1ccc(Br)cc1F)c1ccccc1S. The molecule has 0 aromatic heterocycles. The quantitative estimate of drug-likeness (QED) is 0.799. The molecule has 0 saturated heterocycles. The Morgan fingerprint density at radius 1 is 1.22 bits per heavy atom. The van der Waals surface area contributed by atoms with Gasteiger partial charge in [0.1, 0.15) is 5.82 Å². The smallest absolute Gasteiger partial charge is 0.256 e.